The van der Waals surface area contributed by atoms with Crippen LogP contribution in [0.3, 0.4) is 0 Å². The van der Waals surface area contributed by atoms with Crippen LogP contribution in [0.4, 0.5) is 0 Å². The lowest BCUT2D eigenvalue weighted by Crippen LogP contribution is -2.13. The minimum absolute atomic E-state index is 0.0718. The summed E-state index contributed by atoms with van der Waals surface area (Å²) in [5.41, 5.74) is 2.45. The lowest BCUT2D eigenvalue weighted by molar-refractivity contribution is -0.138. The molecule has 0 radical (unpaired) electrons. The van der Waals surface area contributed by atoms with Gasteiger partial charge in [-0.1, -0.05) is 20.8 Å². The van der Waals surface area contributed by atoms with Gasteiger partial charge in [-0.05, 0) is 47.1 Å². The molecule has 1 aromatic rings. The highest BCUT2D eigenvalue weighted by Crippen LogP contribution is 2.50. The Kier molecular flexibility index (Phi) is 5.18. The van der Waals surface area contributed by atoms with Crippen molar-refractivity contribution in [3.63, 3.8) is 0 Å². The summed E-state index contributed by atoms with van der Waals surface area (Å²) in [7, 11) is 3.15. The lowest BCUT2D eigenvalue weighted by atomic mass is 9.86. The molecule has 24 heavy (non-hydrogen) atoms. The van der Waals surface area contributed by atoms with Crippen LogP contribution < -0.4 is 9.47 Å². The van der Waals surface area contributed by atoms with Gasteiger partial charge in [0.2, 0.25) is 0 Å². The van der Waals surface area contributed by atoms with Gasteiger partial charge in [0.25, 0.3) is 0 Å². The number of fused-ring (bicyclic) bond motifs is 1. The van der Waals surface area contributed by atoms with Crippen molar-refractivity contribution in [2.45, 2.75) is 39.0 Å². The van der Waals surface area contributed by atoms with Crippen LogP contribution in [-0.4, -0.2) is 26.8 Å². The summed E-state index contributed by atoms with van der Waals surface area (Å²) in [5.74, 6) is 0.649. The SMILES string of the molecule is CCCOC(=O)C(C#N)=C1CC(C)(C)c2cc(OC)c(OC)cc21. The Morgan fingerprint density at radius 3 is 2.42 bits per heavy atom. The van der Waals surface area contributed by atoms with Gasteiger partial charge in [0.1, 0.15) is 11.6 Å². The fraction of sp³-hybridized carbons (Fsp3) is 0.474. The van der Waals surface area contributed by atoms with Gasteiger partial charge in [-0.15, -0.1) is 0 Å². The van der Waals surface area contributed by atoms with Gasteiger partial charge in [0, 0.05) is 0 Å². The van der Waals surface area contributed by atoms with Crippen molar-refractivity contribution < 1.29 is 19.0 Å². The summed E-state index contributed by atoms with van der Waals surface area (Å²) in [5, 5.41) is 9.51. The second-order valence-corrected chi connectivity index (χ2v) is 6.41. The van der Waals surface area contributed by atoms with E-state index in [2.05, 4.69) is 13.8 Å². The molecule has 0 saturated carbocycles. The van der Waals surface area contributed by atoms with Gasteiger partial charge < -0.3 is 14.2 Å². The van der Waals surface area contributed by atoms with Crippen molar-refractivity contribution in [1.29, 1.82) is 5.26 Å². The molecule has 0 spiro atoms. The third-order valence-electron chi connectivity index (χ3n) is 4.25. The lowest BCUT2D eigenvalue weighted by Gasteiger charge is -2.19. The molecule has 0 heterocycles. The highest BCUT2D eigenvalue weighted by molar-refractivity contribution is 6.03. The molecule has 128 valence electrons. The number of esters is 1. The highest BCUT2D eigenvalue weighted by atomic mass is 16.5. The molecule has 0 bridgehead atoms. The third-order valence-corrected chi connectivity index (χ3v) is 4.25. The van der Waals surface area contributed by atoms with Crippen LogP contribution in [0, 0.1) is 11.3 Å². The Balaban J connectivity index is 2.63. The topological polar surface area (TPSA) is 68.6 Å². The van der Waals surface area contributed by atoms with Crippen molar-refractivity contribution in [1.82, 2.24) is 0 Å². The van der Waals surface area contributed by atoms with Gasteiger partial charge in [-0.3, -0.25) is 0 Å². The number of rotatable bonds is 5. The average Bonchev–Trinajstić information content (AvgIpc) is 2.83. The standard InChI is InChI=1S/C19H23NO4/c1-6-7-24-18(21)14(11-20)13-10-19(2,3)15-9-17(23-5)16(22-4)8-12(13)15/h8-9H,6-7,10H2,1-5H3. The number of methoxy groups -OCH3 is 2. The first kappa shape index (κ1) is 17.9. The van der Waals surface area contributed by atoms with Gasteiger partial charge in [0.05, 0.1) is 20.8 Å². The van der Waals surface area contributed by atoms with Crippen LogP contribution in [0.15, 0.2) is 17.7 Å². The zero-order chi connectivity index (χ0) is 17.9. The number of hydrogen-bond acceptors (Lipinski definition) is 5. The van der Waals surface area contributed by atoms with Gasteiger partial charge in [-0.2, -0.15) is 5.26 Å². The molecule has 2 rings (SSSR count). The molecular weight excluding hydrogens is 306 g/mol. The Hall–Kier alpha value is -2.48. The van der Waals surface area contributed by atoms with Crippen LogP contribution in [-0.2, 0) is 14.9 Å². The van der Waals surface area contributed by atoms with Crippen LogP contribution in [0.1, 0.15) is 44.7 Å². The minimum atomic E-state index is -0.562. The van der Waals surface area contributed by atoms with Crippen molar-refractivity contribution in [3.05, 3.63) is 28.8 Å². The number of carbonyl (C=O) groups is 1. The summed E-state index contributed by atoms with van der Waals surface area (Å²) >= 11 is 0. The molecule has 1 aliphatic rings. The molecule has 0 N–H and O–H groups in total. The first-order chi connectivity index (χ1) is 11.4. The molecule has 1 aromatic carbocycles. The zero-order valence-electron chi connectivity index (χ0n) is 14.9. The van der Waals surface area contributed by atoms with E-state index in [1.807, 2.05) is 25.1 Å². The fourth-order valence-corrected chi connectivity index (χ4v) is 3.05. The molecule has 0 aliphatic heterocycles. The summed E-state index contributed by atoms with van der Waals surface area (Å²) in [6.45, 7) is 6.38. The predicted molar refractivity (Wildman–Crippen MR) is 91.0 cm³/mol. The first-order valence-corrected chi connectivity index (χ1v) is 7.96. The summed E-state index contributed by atoms with van der Waals surface area (Å²) < 4.78 is 15.9. The molecular formula is C19H23NO4. The van der Waals surface area contributed by atoms with E-state index in [-0.39, 0.29) is 11.0 Å². The maximum absolute atomic E-state index is 12.3. The number of benzene rings is 1. The molecule has 1 aliphatic carbocycles. The third kappa shape index (κ3) is 3.09. The van der Waals surface area contributed by atoms with Crippen LogP contribution in [0.2, 0.25) is 0 Å². The highest BCUT2D eigenvalue weighted by Gasteiger charge is 2.37. The van der Waals surface area contributed by atoms with Gasteiger partial charge >= 0.3 is 5.97 Å². The number of nitriles is 1. The van der Waals surface area contributed by atoms with Crippen LogP contribution >= 0.6 is 0 Å². The quantitative estimate of drug-likeness (QED) is 0.469. The number of hydrogen-bond donors (Lipinski definition) is 0. The Bertz CT molecular complexity index is 726. The summed E-state index contributed by atoms with van der Waals surface area (Å²) in [4.78, 5) is 12.3. The van der Waals surface area contributed by atoms with Gasteiger partial charge in [0.15, 0.2) is 11.5 Å². The summed E-state index contributed by atoms with van der Waals surface area (Å²) in [6, 6.07) is 5.79. The van der Waals surface area contributed by atoms with E-state index in [0.29, 0.717) is 36.5 Å². The Morgan fingerprint density at radius 1 is 1.25 bits per heavy atom. The van der Waals surface area contributed by atoms with E-state index in [0.717, 1.165) is 11.1 Å². The number of ether oxygens (including phenoxy) is 3. The molecule has 0 aromatic heterocycles. The fourth-order valence-electron chi connectivity index (χ4n) is 3.05. The minimum Gasteiger partial charge on any atom is -0.493 e. The maximum atomic E-state index is 12.3. The monoisotopic (exact) mass is 329 g/mol. The zero-order valence-corrected chi connectivity index (χ0v) is 14.9. The van der Waals surface area contributed by atoms with Crippen molar-refractivity contribution >= 4 is 11.5 Å². The van der Waals surface area contributed by atoms with Crippen molar-refractivity contribution in [3.8, 4) is 17.6 Å². The van der Waals surface area contributed by atoms with Crippen LogP contribution in [0.25, 0.3) is 5.57 Å². The van der Waals surface area contributed by atoms with E-state index >= 15 is 0 Å². The van der Waals surface area contributed by atoms with Gasteiger partial charge in [-0.25, -0.2) is 4.79 Å². The first-order valence-electron chi connectivity index (χ1n) is 7.96. The maximum Gasteiger partial charge on any atom is 0.349 e. The van der Waals surface area contributed by atoms with E-state index < -0.39 is 5.97 Å². The van der Waals surface area contributed by atoms with E-state index in [9.17, 15) is 10.1 Å². The normalized spacial score (nSPS) is 16.8. The number of carbonyl (C=O) groups excluding carboxylic acids is 1. The second kappa shape index (κ2) is 6.96. The van der Waals surface area contributed by atoms with Crippen LogP contribution in [0.5, 0.6) is 11.5 Å². The molecule has 5 heteroatoms. The second-order valence-electron chi connectivity index (χ2n) is 6.41. The molecule has 5 nitrogen and oxygen atoms in total. The van der Waals surface area contributed by atoms with E-state index in [1.165, 1.54) is 0 Å². The molecule has 0 amide bonds. The van der Waals surface area contributed by atoms with Crippen molar-refractivity contribution in [2.75, 3.05) is 20.8 Å². The number of allylic oxidation sites excluding steroid dienone is 1. The summed E-state index contributed by atoms with van der Waals surface area (Å²) in [6.07, 6.45) is 1.30. The molecule has 0 fully saturated rings. The Morgan fingerprint density at radius 2 is 1.88 bits per heavy atom. The number of nitrogens with zero attached hydrogens (tertiary/aromatic N) is 1. The van der Waals surface area contributed by atoms with Crippen molar-refractivity contribution in [2.24, 2.45) is 0 Å². The molecule has 0 unspecified atom stereocenters. The van der Waals surface area contributed by atoms with E-state index in [4.69, 9.17) is 14.2 Å². The molecule has 0 atom stereocenters. The largest absolute Gasteiger partial charge is 0.493 e. The average molecular weight is 329 g/mol. The molecule has 0 saturated heterocycles. The smallest absolute Gasteiger partial charge is 0.349 e. The van der Waals surface area contributed by atoms with E-state index in [1.54, 1.807) is 14.2 Å². The Labute approximate surface area is 142 Å². The predicted octanol–water partition coefficient (Wildman–Crippen LogP) is 3.62.